The number of carbonyl (C=O) groups is 1. The van der Waals surface area contributed by atoms with Crippen LogP contribution in [0, 0.1) is 19.3 Å². The third-order valence-corrected chi connectivity index (χ3v) is 1.17. The minimum Gasteiger partial charge on any atom is -0.449 e. The number of terminal acetylenes is 1. The van der Waals surface area contributed by atoms with Crippen molar-refractivity contribution in [1.82, 2.24) is 4.98 Å². The van der Waals surface area contributed by atoms with Gasteiger partial charge in [0.25, 0.3) is 0 Å². The van der Waals surface area contributed by atoms with Gasteiger partial charge in [0.2, 0.25) is 0 Å². The van der Waals surface area contributed by atoms with Crippen LogP contribution in [0.3, 0.4) is 0 Å². The van der Waals surface area contributed by atoms with Crippen LogP contribution < -0.4 is 0 Å². The van der Waals surface area contributed by atoms with Gasteiger partial charge in [-0.1, -0.05) is 5.92 Å². The molecule has 3 heteroatoms. The molecule has 0 aliphatic heterocycles. The Kier molecular flexibility index (Phi) is 2.07. The largest absolute Gasteiger partial charge is 0.449 e. The number of aryl methyl sites for hydroxylation is 1. The molecule has 1 aromatic heterocycles. The van der Waals surface area contributed by atoms with Crippen molar-refractivity contribution in [3.63, 3.8) is 0 Å². The maximum atomic E-state index is 11.0. The van der Waals surface area contributed by atoms with Crippen molar-refractivity contribution in [2.45, 2.75) is 13.3 Å². The number of oxazole rings is 1. The van der Waals surface area contributed by atoms with Crippen molar-refractivity contribution >= 4 is 5.78 Å². The third-order valence-electron chi connectivity index (χ3n) is 1.17. The lowest BCUT2D eigenvalue weighted by molar-refractivity contribution is 0.0993. The van der Waals surface area contributed by atoms with Gasteiger partial charge >= 0.3 is 0 Å². The van der Waals surface area contributed by atoms with Crippen LogP contribution in [-0.2, 0) is 0 Å². The molecular formula is C8H7NO2. The highest BCUT2D eigenvalue weighted by molar-refractivity contribution is 5.95. The highest BCUT2D eigenvalue weighted by atomic mass is 16.3. The highest BCUT2D eigenvalue weighted by Crippen LogP contribution is 2.02. The lowest BCUT2D eigenvalue weighted by Crippen LogP contribution is -1.96. The van der Waals surface area contributed by atoms with E-state index in [0.29, 0.717) is 11.6 Å². The van der Waals surface area contributed by atoms with Crippen LogP contribution in [-0.4, -0.2) is 10.8 Å². The first-order valence-corrected chi connectivity index (χ1v) is 3.13. The second-order valence-corrected chi connectivity index (χ2v) is 2.06. The first kappa shape index (κ1) is 7.55. The fourth-order valence-electron chi connectivity index (χ4n) is 0.675. The number of Topliss-reactive ketones (excluding diaryl/α,β-unsaturated/α-hetero) is 1. The van der Waals surface area contributed by atoms with Gasteiger partial charge in [-0.25, -0.2) is 4.98 Å². The van der Waals surface area contributed by atoms with E-state index in [1.807, 2.05) is 0 Å². The van der Waals surface area contributed by atoms with E-state index in [-0.39, 0.29) is 12.2 Å². The van der Waals surface area contributed by atoms with Crippen LogP contribution in [0.25, 0.3) is 0 Å². The summed E-state index contributed by atoms with van der Waals surface area (Å²) in [5, 5.41) is 0. The highest BCUT2D eigenvalue weighted by Gasteiger charge is 2.07. The minimum absolute atomic E-state index is 0.0754. The Balaban J connectivity index is 2.78. The summed E-state index contributed by atoms with van der Waals surface area (Å²) in [7, 11) is 0. The molecule has 0 amide bonds. The van der Waals surface area contributed by atoms with E-state index in [4.69, 9.17) is 10.8 Å². The zero-order valence-electron chi connectivity index (χ0n) is 6.13. The summed E-state index contributed by atoms with van der Waals surface area (Å²) in [6.45, 7) is 1.67. The second kappa shape index (κ2) is 3.02. The second-order valence-electron chi connectivity index (χ2n) is 2.06. The van der Waals surface area contributed by atoms with Crippen molar-refractivity contribution in [2.75, 3.05) is 0 Å². The van der Waals surface area contributed by atoms with Crippen molar-refractivity contribution in [3.05, 3.63) is 17.8 Å². The Labute approximate surface area is 64.4 Å². The smallest absolute Gasteiger partial charge is 0.196 e. The third kappa shape index (κ3) is 1.68. The van der Waals surface area contributed by atoms with Gasteiger partial charge in [0.15, 0.2) is 11.7 Å². The molecule has 0 aromatic carbocycles. The summed E-state index contributed by atoms with van der Waals surface area (Å²) in [5.41, 5.74) is 0.306. The molecule has 1 aromatic rings. The predicted molar refractivity (Wildman–Crippen MR) is 39.0 cm³/mol. The standard InChI is InChI=1S/C8H7NO2/c1-3-4-8(10)7-5-11-6(2)9-7/h1,5H,4H2,2H3. The van der Waals surface area contributed by atoms with E-state index in [0.717, 1.165) is 0 Å². The Morgan fingerprint density at radius 1 is 1.91 bits per heavy atom. The fraction of sp³-hybridized carbons (Fsp3) is 0.250. The summed E-state index contributed by atoms with van der Waals surface area (Å²) < 4.78 is 4.83. The van der Waals surface area contributed by atoms with Gasteiger partial charge in [0, 0.05) is 6.92 Å². The summed E-state index contributed by atoms with van der Waals surface area (Å²) in [6.07, 6.45) is 6.33. The van der Waals surface area contributed by atoms with E-state index < -0.39 is 0 Å². The fourth-order valence-corrected chi connectivity index (χ4v) is 0.675. The molecule has 0 aliphatic rings. The molecule has 0 aliphatic carbocycles. The van der Waals surface area contributed by atoms with Crippen LogP contribution in [0.15, 0.2) is 10.7 Å². The quantitative estimate of drug-likeness (QED) is 0.468. The molecule has 0 radical (unpaired) electrons. The van der Waals surface area contributed by atoms with Gasteiger partial charge in [-0.2, -0.15) is 0 Å². The molecule has 0 atom stereocenters. The molecular weight excluding hydrogens is 142 g/mol. The van der Waals surface area contributed by atoms with Gasteiger partial charge in [-0.15, -0.1) is 6.42 Å². The van der Waals surface area contributed by atoms with Crippen molar-refractivity contribution in [2.24, 2.45) is 0 Å². The summed E-state index contributed by atoms with van der Waals surface area (Å²) >= 11 is 0. The Morgan fingerprint density at radius 2 is 2.64 bits per heavy atom. The number of aromatic nitrogens is 1. The van der Waals surface area contributed by atoms with E-state index >= 15 is 0 Å². The van der Waals surface area contributed by atoms with Crippen LogP contribution in [0.4, 0.5) is 0 Å². The molecule has 0 bridgehead atoms. The average molecular weight is 149 g/mol. The lowest BCUT2D eigenvalue weighted by Gasteiger charge is -1.84. The Bertz CT molecular complexity index is 306. The molecule has 56 valence electrons. The number of nitrogens with zero attached hydrogens (tertiary/aromatic N) is 1. The normalized spacial score (nSPS) is 9.09. The summed E-state index contributed by atoms with van der Waals surface area (Å²) in [6, 6.07) is 0. The zero-order valence-corrected chi connectivity index (χ0v) is 6.13. The summed E-state index contributed by atoms with van der Waals surface area (Å²) in [5.74, 6) is 2.54. The molecule has 1 heterocycles. The molecule has 0 spiro atoms. The van der Waals surface area contributed by atoms with Gasteiger partial charge < -0.3 is 4.42 Å². The van der Waals surface area contributed by atoms with Gasteiger partial charge in [0.05, 0.1) is 6.42 Å². The van der Waals surface area contributed by atoms with E-state index in [1.54, 1.807) is 6.92 Å². The molecule has 0 saturated carbocycles. The van der Waals surface area contributed by atoms with Crippen molar-refractivity contribution < 1.29 is 9.21 Å². The molecule has 1 rings (SSSR count). The zero-order chi connectivity index (χ0) is 8.27. The van der Waals surface area contributed by atoms with Crippen LogP contribution >= 0.6 is 0 Å². The Morgan fingerprint density at radius 3 is 3.09 bits per heavy atom. The topological polar surface area (TPSA) is 43.1 Å². The first-order valence-electron chi connectivity index (χ1n) is 3.13. The molecule has 3 nitrogen and oxygen atoms in total. The van der Waals surface area contributed by atoms with Gasteiger partial charge in [-0.05, 0) is 0 Å². The van der Waals surface area contributed by atoms with Crippen LogP contribution in [0.1, 0.15) is 22.8 Å². The number of hydrogen-bond acceptors (Lipinski definition) is 3. The van der Waals surface area contributed by atoms with E-state index in [2.05, 4.69) is 10.9 Å². The molecule has 11 heavy (non-hydrogen) atoms. The van der Waals surface area contributed by atoms with Crippen LogP contribution in [0.2, 0.25) is 0 Å². The number of hydrogen-bond donors (Lipinski definition) is 0. The van der Waals surface area contributed by atoms with Crippen molar-refractivity contribution in [1.29, 1.82) is 0 Å². The van der Waals surface area contributed by atoms with Gasteiger partial charge in [-0.3, -0.25) is 4.79 Å². The molecule has 0 unspecified atom stereocenters. The molecule has 0 fully saturated rings. The molecule has 0 N–H and O–H groups in total. The number of carbonyl (C=O) groups excluding carboxylic acids is 1. The SMILES string of the molecule is C#CCC(=O)c1coc(C)n1. The van der Waals surface area contributed by atoms with Crippen LogP contribution in [0.5, 0.6) is 0 Å². The number of rotatable bonds is 2. The first-order chi connectivity index (χ1) is 5.24. The monoisotopic (exact) mass is 149 g/mol. The summed E-state index contributed by atoms with van der Waals surface area (Å²) in [4.78, 5) is 14.8. The van der Waals surface area contributed by atoms with E-state index in [9.17, 15) is 4.79 Å². The lowest BCUT2D eigenvalue weighted by atomic mass is 10.2. The maximum absolute atomic E-state index is 11.0. The van der Waals surface area contributed by atoms with E-state index in [1.165, 1.54) is 6.26 Å². The average Bonchev–Trinajstić information content (AvgIpc) is 2.36. The van der Waals surface area contributed by atoms with Crippen molar-refractivity contribution in [3.8, 4) is 12.3 Å². The maximum Gasteiger partial charge on any atom is 0.196 e. The number of ketones is 1. The Hall–Kier alpha value is -1.56. The van der Waals surface area contributed by atoms with Gasteiger partial charge in [0.1, 0.15) is 12.0 Å². The minimum atomic E-state index is -0.177. The predicted octanol–water partition coefficient (Wildman–Crippen LogP) is 1.19. The molecule has 0 saturated heterocycles.